The lowest BCUT2D eigenvalue weighted by Crippen LogP contribution is -2.48. The third-order valence-electron chi connectivity index (χ3n) is 6.05. The highest BCUT2D eigenvalue weighted by Crippen LogP contribution is 2.24. The molecule has 0 aliphatic carbocycles. The van der Waals surface area contributed by atoms with Crippen molar-refractivity contribution in [3.05, 3.63) is 23.9 Å². The van der Waals surface area contributed by atoms with Crippen LogP contribution in [0.25, 0.3) is 0 Å². The second-order valence-corrected chi connectivity index (χ2v) is 8.09. The molecular formula is C22H34N6O3. The van der Waals surface area contributed by atoms with Gasteiger partial charge in [0.15, 0.2) is 5.96 Å². The van der Waals surface area contributed by atoms with Crippen LogP contribution in [0.2, 0.25) is 0 Å². The summed E-state index contributed by atoms with van der Waals surface area (Å²) >= 11 is 0. The van der Waals surface area contributed by atoms with Gasteiger partial charge in [0.25, 0.3) is 0 Å². The first-order valence-corrected chi connectivity index (χ1v) is 11.1. The highest BCUT2D eigenvalue weighted by molar-refractivity contribution is 5.81. The zero-order chi connectivity index (χ0) is 22.2. The number of nitrogens with zero attached hydrogens (tertiary/aromatic N) is 4. The van der Waals surface area contributed by atoms with Crippen LogP contribution in [-0.2, 0) is 20.9 Å². The number of anilines is 1. The molecule has 2 fully saturated rings. The number of aromatic nitrogens is 1. The minimum absolute atomic E-state index is 0.0492. The van der Waals surface area contributed by atoms with Crippen molar-refractivity contribution in [1.29, 1.82) is 0 Å². The number of guanidine groups is 1. The van der Waals surface area contributed by atoms with Gasteiger partial charge in [-0.2, -0.15) is 0 Å². The highest BCUT2D eigenvalue weighted by Gasteiger charge is 2.29. The fourth-order valence-electron chi connectivity index (χ4n) is 4.36. The Hall–Kier alpha value is -2.84. The average Bonchev–Trinajstić information content (AvgIpc) is 2.80. The maximum atomic E-state index is 12.2. The monoisotopic (exact) mass is 430 g/mol. The number of ether oxygens (including phenoxy) is 1. The van der Waals surface area contributed by atoms with Crippen molar-refractivity contribution in [2.45, 2.75) is 39.2 Å². The van der Waals surface area contributed by atoms with Crippen LogP contribution in [0.5, 0.6) is 0 Å². The molecule has 3 heterocycles. The summed E-state index contributed by atoms with van der Waals surface area (Å²) in [6.07, 6.45) is 5.08. The molecule has 1 aromatic heterocycles. The number of amides is 1. The van der Waals surface area contributed by atoms with E-state index < -0.39 is 0 Å². The number of carbonyl (C=O) groups is 2. The molecule has 1 unspecified atom stereocenters. The summed E-state index contributed by atoms with van der Waals surface area (Å²) < 4.78 is 5.21. The van der Waals surface area contributed by atoms with E-state index in [1.54, 1.807) is 13.2 Å². The molecule has 2 aliphatic rings. The fourth-order valence-corrected chi connectivity index (χ4v) is 4.36. The SMILES string of the molecule is CCOC(=O)C1CCCN(C(=NC)NCc2cccnc2N2CCC(C(N)=O)CC2)C1. The van der Waals surface area contributed by atoms with Gasteiger partial charge in [-0.1, -0.05) is 6.07 Å². The van der Waals surface area contributed by atoms with Crippen molar-refractivity contribution in [2.24, 2.45) is 22.6 Å². The predicted molar refractivity (Wildman–Crippen MR) is 119 cm³/mol. The van der Waals surface area contributed by atoms with Gasteiger partial charge < -0.3 is 25.6 Å². The molecule has 0 saturated carbocycles. The first-order chi connectivity index (χ1) is 15.0. The number of pyridine rings is 1. The number of rotatable bonds is 6. The molecule has 2 saturated heterocycles. The predicted octanol–water partition coefficient (Wildman–Crippen LogP) is 1.13. The van der Waals surface area contributed by atoms with Crippen molar-refractivity contribution in [1.82, 2.24) is 15.2 Å². The standard InChI is InChI=1S/C22H34N6O3/c1-3-31-21(30)18-7-5-11-28(15-18)22(24-2)26-14-17-6-4-10-25-20(17)27-12-8-16(9-13-27)19(23)29/h4,6,10,16,18H,3,5,7-9,11-15H2,1-2H3,(H2,23,29)(H,24,26). The van der Waals surface area contributed by atoms with Gasteiger partial charge in [-0.05, 0) is 38.7 Å². The Kier molecular flexibility index (Phi) is 8.08. The lowest BCUT2D eigenvalue weighted by molar-refractivity contribution is -0.149. The molecule has 0 radical (unpaired) electrons. The molecule has 0 aromatic carbocycles. The number of hydrogen-bond acceptors (Lipinski definition) is 6. The van der Waals surface area contributed by atoms with Gasteiger partial charge in [-0.15, -0.1) is 0 Å². The quantitative estimate of drug-likeness (QED) is 0.395. The highest BCUT2D eigenvalue weighted by atomic mass is 16.5. The normalized spacial score (nSPS) is 20.5. The van der Waals surface area contributed by atoms with Crippen molar-refractivity contribution in [2.75, 3.05) is 44.7 Å². The molecule has 0 spiro atoms. The molecule has 3 N–H and O–H groups in total. The Balaban J connectivity index is 1.61. The minimum Gasteiger partial charge on any atom is -0.466 e. The van der Waals surface area contributed by atoms with E-state index in [1.807, 2.05) is 13.0 Å². The summed E-state index contributed by atoms with van der Waals surface area (Å²) in [6.45, 7) is 5.81. The largest absolute Gasteiger partial charge is 0.466 e. The summed E-state index contributed by atoms with van der Waals surface area (Å²) in [6, 6.07) is 3.98. The first-order valence-electron chi connectivity index (χ1n) is 11.1. The van der Waals surface area contributed by atoms with E-state index in [1.165, 1.54) is 0 Å². The van der Waals surface area contributed by atoms with Crippen LogP contribution >= 0.6 is 0 Å². The maximum Gasteiger partial charge on any atom is 0.310 e. The van der Waals surface area contributed by atoms with Crippen molar-refractivity contribution in [3.63, 3.8) is 0 Å². The maximum absolute atomic E-state index is 12.2. The Morgan fingerprint density at radius 3 is 2.71 bits per heavy atom. The lowest BCUT2D eigenvalue weighted by Gasteiger charge is -2.34. The second-order valence-electron chi connectivity index (χ2n) is 8.09. The number of likely N-dealkylation sites (tertiary alicyclic amines) is 1. The number of piperidine rings is 2. The van der Waals surface area contributed by atoms with Gasteiger partial charge in [0, 0.05) is 57.4 Å². The summed E-state index contributed by atoms with van der Waals surface area (Å²) in [5.74, 6) is 1.19. The van der Waals surface area contributed by atoms with Gasteiger partial charge in [-0.25, -0.2) is 4.98 Å². The van der Waals surface area contributed by atoms with Crippen LogP contribution in [-0.4, -0.2) is 67.6 Å². The Labute approximate surface area is 184 Å². The molecule has 0 bridgehead atoms. The fraction of sp³-hybridized carbons (Fsp3) is 0.636. The second kappa shape index (κ2) is 11.0. The summed E-state index contributed by atoms with van der Waals surface area (Å²) in [5, 5.41) is 3.44. The van der Waals surface area contributed by atoms with Crippen molar-refractivity contribution < 1.29 is 14.3 Å². The molecule has 1 atom stereocenters. The van der Waals surface area contributed by atoms with Gasteiger partial charge in [0.05, 0.1) is 12.5 Å². The minimum atomic E-state index is -0.214. The van der Waals surface area contributed by atoms with Crippen LogP contribution in [0.15, 0.2) is 23.3 Å². The summed E-state index contributed by atoms with van der Waals surface area (Å²) in [5.41, 5.74) is 6.53. The van der Waals surface area contributed by atoms with E-state index in [0.717, 1.165) is 62.7 Å². The molecule has 170 valence electrons. The zero-order valence-electron chi connectivity index (χ0n) is 18.5. The van der Waals surface area contributed by atoms with Gasteiger partial charge >= 0.3 is 5.97 Å². The number of primary amides is 1. The van der Waals surface area contributed by atoms with Crippen LogP contribution in [0, 0.1) is 11.8 Å². The van der Waals surface area contributed by atoms with E-state index in [4.69, 9.17) is 10.5 Å². The number of hydrogen-bond donors (Lipinski definition) is 2. The number of nitrogens with two attached hydrogens (primary N) is 1. The molecule has 1 aromatic rings. The molecule has 9 nitrogen and oxygen atoms in total. The Morgan fingerprint density at radius 1 is 1.26 bits per heavy atom. The molecule has 2 aliphatic heterocycles. The van der Waals surface area contributed by atoms with Crippen molar-refractivity contribution in [3.8, 4) is 0 Å². The van der Waals surface area contributed by atoms with E-state index in [0.29, 0.717) is 19.7 Å². The lowest BCUT2D eigenvalue weighted by atomic mass is 9.96. The zero-order valence-corrected chi connectivity index (χ0v) is 18.5. The first kappa shape index (κ1) is 22.8. The third kappa shape index (κ3) is 5.86. The van der Waals surface area contributed by atoms with Crippen LogP contribution in [0.4, 0.5) is 5.82 Å². The van der Waals surface area contributed by atoms with Gasteiger partial charge in [0.2, 0.25) is 5.91 Å². The van der Waals surface area contributed by atoms with E-state index >= 15 is 0 Å². The Morgan fingerprint density at radius 2 is 2.03 bits per heavy atom. The molecule has 1 amide bonds. The molecule has 3 rings (SSSR count). The number of carbonyl (C=O) groups excluding carboxylic acids is 2. The molecule has 9 heteroatoms. The number of aliphatic imine (C=N–C) groups is 1. The third-order valence-corrected chi connectivity index (χ3v) is 6.05. The van der Waals surface area contributed by atoms with Crippen LogP contribution in [0.3, 0.4) is 0 Å². The smallest absolute Gasteiger partial charge is 0.310 e. The van der Waals surface area contributed by atoms with Crippen LogP contribution in [0.1, 0.15) is 38.2 Å². The summed E-state index contributed by atoms with van der Waals surface area (Å²) in [7, 11) is 1.76. The van der Waals surface area contributed by atoms with Gasteiger partial charge in [0.1, 0.15) is 5.82 Å². The number of esters is 1. The molecule has 31 heavy (non-hydrogen) atoms. The van der Waals surface area contributed by atoms with E-state index in [9.17, 15) is 9.59 Å². The number of nitrogens with one attached hydrogen (secondary N) is 1. The van der Waals surface area contributed by atoms with E-state index in [2.05, 4.69) is 31.2 Å². The van der Waals surface area contributed by atoms with Crippen molar-refractivity contribution >= 4 is 23.7 Å². The Bertz CT molecular complexity index is 791. The average molecular weight is 431 g/mol. The summed E-state index contributed by atoms with van der Waals surface area (Å²) in [4.78, 5) is 37.0. The van der Waals surface area contributed by atoms with Gasteiger partial charge in [-0.3, -0.25) is 14.6 Å². The molecular weight excluding hydrogens is 396 g/mol. The van der Waals surface area contributed by atoms with E-state index in [-0.39, 0.29) is 23.7 Å². The topological polar surface area (TPSA) is 113 Å². The van der Waals surface area contributed by atoms with Crippen LogP contribution < -0.4 is 16.0 Å².